The third-order valence-corrected chi connectivity index (χ3v) is 3.81. The van der Waals surface area contributed by atoms with Gasteiger partial charge in [0.25, 0.3) is 0 Å². The largest absolute Gasteiger partial charge is 0.357 e. The van der Waals surface area contributed by atoms with Crippen molar-refractivity contribution in [3.63, 3.8) is 0 Å². The average molecular weight is 229 g/mol. The highest BCUT2D eigenvalue weighted by Gasteiger charge is 2.24. The second-order valence-corrected chi connectivity index (χ2v) is 5.00. The summed E-state index contributed by atoms with van der Waals surface area (Å²) >= 11 is 1.99. The minimum Gasteiger partial charge on any atom is -0.357 e. The van der Waals surface area contributed by atoms with Crippen molar-refractivity contribution in [2.24, 2.45) is 4.99 Å². The molecule has 0 amide bonds. The SMILES string of the molecule is CCN=C(NCC)NC1CCC(SC)C1. The predicted molar refractivity (Wildman–Crippen MR) is 69.7 cm³/mol. The monoisotopic (exact) mass is 229 g/mol. The van der Waals surface area contributed by atoms with Crippen molar-refractivity contribution < 1.29 is 0 Å². The first-order valence-electron chi connectivity index (χ1n) is 5.87. The van der Waals surface area contributed by atoms with Gasteiger partial charge < -0.3 is 10.6 Å². The highest BCUT2D eigenvalue weighted by Crippen LogP contribution is 2.27. The van der Waals surface area contributed by atoms with Crippen molar-refractivity contribution in [3.05, 3.63) is 0 Å². The molecule has 0 saturated heterocycles. The van der Waals surface area contributed by atoms with Crippen molar-refractivity contribution in [2.45, 2.75) is 44.4 Å². The Morgan fingerprint density at radius 3 is 2.73 bits per heavy atom. The van der Waals surface area contributed by atoms with Crippen LogP contribution in [-0.4, -0.2) is 36.6 Å². The molecule has 1 fully saturated rings. The van der Waals surface area contributed by atoms with Crippen LogP contribution in [0.3, 0.4) is 0 Å². The summed E-state index contributed by atoms with van der Waals surface area (Å²) in [4.78, 5) is 4.42. The van der Waals surface area contributed by atoms with E-state index in [1.165, 1.54) is 19.3 Å². The van der Waals surface area contributed by atoms with Crippen LogP contribution in [0.4, 0.5) is 0 Å². The summed E-state index contributed by atoms with van der Waals surface area (Å²) in [7, 11) is 0. The summed E-state index contributed by atoms with van der Waals surface area (Å²) < 4.78 is 0. The molecule has 3 nitrogen and oxygen atoms in total. The van der Waals surface area contributed by atoms with Crippen molar-refractivity contribution in [2.75, 3.05) is 19.3 Å². The fourth-order valence-corrected chi connectivity index (χ4v) is 2.75. The molecule has 15 heavy (non-hydrogen) atoms. The third-order valence-electron chi connectivity index (χ3n) is 2.72. The molecule has 0 spiro atoms. The second-order valence-electron chi connectivity index (χ2n) is 3.87. The smallest absolute Gasteiger partial charge is 0.191 e. The van der Waals surface area contributed by atoms with E-state index in [1.54, 1.807) is 0 Å². The first-order valence-corrected chi connectivity index (χ1v) is 7.16. The Bertz CT molecular complexity index is 206. The van der Waals surface area contributed by atoms with E-state index >= 15 is 0 Å². The van der Waals surface area contributed by atoms with E-state index in [9.17, 15) is 0 Å². The maximum atomic E-state index is 4.42. The van der Waals surface area contributed by atoms with Crippen LogP contribution in [0.5, 0.6) is 0 Å². The molecule has 4 heteroatoms. The van der Waals surface area contributed by atoms with E-state index < -0.39 is 0 Å². The molecule has 2 unspecified atom stereocenters. The molecule has 1 rings (SSSR count). The first kappa shape index (κ1) is 12.7. The summed E-state index contributed by atoms with van der Waals surface area (Å²) in [6.45, 7) is 5.95. The Labute approximate surface area is 97.5 Å². The van der Waals surface area contributed by atoms with Gasteiger partial charge in [-0.1, -0.05) is 0 Å². The standard InChI is InChI=1S/C11H23N3S/c1-4-12-11(13-5-2)14-9-6-7-10(8-9)15-3/h9-10H,4-8H2,1-3H3,(H2,12,13,14). The zero-order valence-corrected chi connectivity index (χ0v) is 10.9. The fourth-order valence-electron chi connectivity index (χ4n) is 1.96. The van der Waals surface area contributed by atoms with Crippen molar-refractivity contribution >= 4 is 17.7 Å². The highest BCUT2D eigenvalue weighted by atomic mass is 32.2. The number of thioether (sulfide) groups is 1. The van der Waals surface area contributed by atoms with Crippen LogP contribution in [0.25, 0.3) is 0 Å². The van der Waals surface area contributed by atoms with E-state index in [0.717, 1.165) is 24.3 Å². The fraction of sp³-hybridized carbons (Fsp3) is 0.909. The van der Waals surface area contributed by atoms with Gasteiger partial charge in [-0.15, -0.1) is 0 Å². The maximum absolute atomic E-state index is 4.42. The van der Waals surface area contributed by atoms with Gasteiger partial charge in [-0.2, -0.15) is 11.8 Å². The molecule has 88 valence electrons. The van der Waals surface area contributed by atoms with Crippen LogP contribution >= 0.6 is 11.8 Å². The zero-order valence-electron chi connectivity index (χ0n) is 10.0. The summed E-state index contributed by atoms with van der Waals surface area (Å²) in [5.41, 5.74) is 0. The molecule has 0 radical (unpaired) electrons. The van der Waals surface area contributed by atoms with Crippen LogP contribution in [-0.2, 0) is 0 Å². The Morgan fingerprint density at radius 2 is 2.20 bits per heavy atom. The number of rotatable bonds is 4. The molecule has 0 bridgehead atoms. The summed E-state index contributed by atoms with van der Waals surface area (Å²) in [6, 6.07) is 0.617. The third kappa shape index (κ3) is 4.33. The maximum Gasteiger partial charge on any atom is 0.191 e. The molecule has 1 aliphatic rings. The number of hydrogen-bond donors (Lipinski definition) is 2. The minimum atomic E-state index is 0.617. The van der Waals surface area contributed by atoms with Gasteiger partial charge in [-0.05, 0) is 39.4 Å². The number of guanidine groups is 1. The van der Waals surface area contributed by atoms with Gasteiger partial charge in [0.05, 0.1) is 0 Å². The van der Waals surface area contributed by atoms with E-state index in [4.69, 9.17) is 0 Å². The van der Waals surface area contributed by atoms with Crippen molar-refractivity contribution in [1.82, 2.24) is 10.6 Å². The van der Waals surface area contributed by atoms with Crippen LogP contribution < -0.4 is 10.6 Å². The van der Waals surface area contributed by atoms with Gasteiger partial charge in [0.2, 0.25) is 0 Å². The molecule has 0 heterocycles. The lowest BCUT2D eigenvalue weighted by Gasteiger charge is -2.16. The van der Waals surface area contributed by atoms with E-state index in [2.05, 4.69) is 35.7 Å². The molecular formula is C11H23N3S. The quantitative estimate of drug-likeness (QED) is 0.570. The summed E-state index contributed by atoms with van der Waals surface area (Å²) in [5.74, 6) is 0.978. The lowest BCUT2D eigenvalue weighted by molar-refractivity contribution is 0.616. The van der Waals surface area contributed by atoms with Crippen LogP contribution in [0.15, 0.2) is 4.99 Å². The van der Waals surface area contributed by atoms with Crippen molar-refractivity contribution in [3.8, 4) is 0 Å². The summed E-state index contributed by atoms with van der Waals surface area (Å²) in [5, 5.41) is 7.62. The normalized spacial score (nSPS) is 26.7. The molecule has 0 aromatic heterocycles. The Morgan fingerprint density at radius 1 is 1.40 bits per heavy atom. The van der Waals surface area contributed by atoms with Crippen molar-refractivity contribution in [1.29, 1.82) is 0 Å². The number of nitrogens with zero attached hydrogens (tertiary/aromatic N) is 1. The van der Waals surface area contributed by atoms with Gasteiger partial charge in [0.15, 0.2) is 5.96 Å². The number of nitrogens with one attached hydrogen (secondary N) is 2. The van der Waals surface area contributed by atoms with E-state index in [1.807, 2.05) is 11.8 Å². The van der Waals surface area contributed by atoms with E-state index in [-0.39, 0.29) is 0 Å². The van der Waals surface area contributed by atoms with E-state index in [0.29, 0.717) is 6.04 Å². The average Bonchev–Trinajstić information content (AvgIpc) is 2.66. The Kier molecular flexibility index (Phi) is 5.91. The lowest BCUT2D eigenvalue weighted by Crippen LogP contribution is -2.42. The molecule has 0 aromatic carbocycles. The number of aliphatic imine (C=N–C) groups is 1. The van der Waals surface area contributed by atoms with Crippen LogP contribution in [0, 0.1) is 0 Å². The molecular weight excluding hydrogens is 206 g/mol. The van der Waals surface area contributed by atoms with Gasteiger partial charge >= 0.3 is 0 Å². The second kappa shape index (κ2) is 6.99. The minimum absolute atomic E-state index is 0.617. The van der Waals surface area contributed by atoms with Gasteiger partial charge in [-0.3, -0.25) is 4.99 Å². The molecule has 0 aliphatic heterocycles. The molecule has 2 atom stereocenters. The highest BCUT2D eigenvalue weighted by molar-refractivity contribution is 7.99. The van der Waals surface area contributed by atoms with Crippen LogP contribution in [0.1, 0.15) is 33.1 Å². The zero-order chi connectivity index (χ0) is 11.1. The topological polar surface area (TPSA) is 36.4 Å². The molecule has 1 saturated carbocycles. The predicted octanol–water partition coefficient (Wildman–Crippen LogP) is 1.85. The molecule has 0 aromatic rings. The van der Waals surface area contributed by atoms with Gasteiger partial charge in [0, 0.05) is 24.4 Å². The van der Waals surface area contributed by atoms with Gasteiger partial charge in [-0.25, -0.2) is 0 Å². The number of hydrogen-bond acceptors (Lipinski definition) is 2. The first-order chi connectivity index (χ1) is 7.30. The lowest BCUT2D eigenvalue weighted by atomic mass is 10.2. The Hall–Kier alpha value is -0.380. The molecule has 1 aliphatic carbocycles. The Balaban J connectivity index is 2.35. The van der Waals surface area contributed by atoms with Gasteiger partial charge in [0.1, 0.15) is 0 Å². The van der Waals surface area contributed by atoms with Crippen LogP contribution in [0.2, 0.25) is 0 Å². The summed E-state index contributed by atoms with van der Waals surface area (Å²) in [6.07, 6.45) is 6.09. The molecule has 2 N–H and O–H groups in total.